The van der Waals surface area contributed by atoms with E-state index in [4.69, 9.17) is 42.9 Å². The Morgan fingerprint density at radius 1 is 0.254 bits per heavy atom. The molecule has 4 aromatic heterocycles. The Bertz CT molecular complexity index is 6380. The van der Waals surface area contributed by atoms with Gasteiger partial charge in [0.05, 0.1) is 21.7 Å². The summed E-state index contributed by atoms with van der Waals surface area (Å²) in [6, 6.07) is 73.9. The topological polar surface area (TPSA) is 336 Å². The Kier molecular flexibility index (Phi) is 22.3. The molecule has 20 rings (SSSR count). The molecule has 4 aliphatic carbocycles. The van der Waals surface area contributed by atoms with Crippen LogP contribution in [0.2, 0.25) is 0 Å². The molecule has 24 heteroatoms. The lowest BCUT2D eigenvalue weighted by Gasteiger charge is -2.67. The van der Waals surface area contributed by atoms with Crippen LogP contribution >= 0.6 is 0 Å². The number of aryl methyl sites for hydroxylation is 8. The van der Waals surface area contributed by atoms with E-state index in [0.717, 1.165) is 178 Å². The average Bonchev–Trinajstić information content (AvgIpc) is 0.668. The predicted octanol–water partition coefficient (Wildman–Crippen LogP) is 15.5. The molecule has 0 atom stereocenters. The number of fused-ring (bicyclic) bond motifs is 8. The molecule has 4 fully saturated rings. The average molecular weight is 1730 g/mol. The maximum Gasteiger partial charge on any atom is 0.239 e. The lowest BCUT2D eigenvalue weighted by atomic mass is 9.34. The normalized spacial score (nSPS) is 17.5. The number of hydrogen-bond donors (Lipinski definition) is 12. The molecule has 4 aliphatic rings. The van der Waals surface area contributed by atoms with E-state index in [0.29, 0.717) is 74.6 Å². The first-order chi connectivity index (χ1) is 62.8. The zero-order valence-electron chi connectivity index (χ0n) is 75.0. The van der Waals surface area contributed by atoms with Crippen LogP contribution in [0.25, 0.3) is 111 Å². The standard InChI is InChI=1S/C106H108N20O4/c1-63-41-83-91(49-75(63)107)123(71-25-13-9-14-26-71)95-53-79(67(5)45-87(95)119-83)111-33-21-37-115-99(127)103-57-104(100(128)116-38-22-34-112-80-54-96-88(46-68(80)6)120-84-42-64(2)76(108)50-92(84)124(96)72-27-15-10-16-28-72)60-105(58-103,101(129)117-39-23-35-113-81-55-97-89(47-69(81)7)121-85-43-65(3)77(109)51-93(85)125(97)73-29-17-11-18-30-73)62-106(59-103,61-104)102(130)118-40-24-36-114-82-56-98-90(48-70(82)8)122-86-44-66(4)78(110)52-94(86)126(98)74-31-19-12-20-32-74/h9-20,25-32,41-56H,21-24,33-40,57-62H2,1-8H3,(H12,107,108,109,110,111,112,113,114,115,116,117,118,127,128,129,130)/p+4. The van der Waals surface area contributed by atoms with E-state index in [1.54, 1.807) is 0 Å². The van der Waals surface area contributed by atoms with Gasteiger partial charge in [0.2, 0.25) is 90.5 Å². The van der Waals surface area contributed by atoms with Crippen molar-refractivity contribution in [2.75, 3.05) is 96.6 Å². The van der Waals surface area contributed by atoms with Crippen LogP contribution in [0.1, 0.15) is 109 Å². The SMILES string of the molecule is Cc1cc2nc3cc(C)c(NCCCNC(=O)C45CC6(C(=O)NCCCNc7cc8c(cc7C)nc7cc(C)c(N)cc7[n+]8-c7ccccc7)CC(C(=O)NCCCNc7cc8c(cc7C)nc7cc(C)c(N)cc7[n+]8-c7ccccc7)(C4)CC(C(=O)NCCCNc4cc7c(cc4C)nc4cc(C)c(N)cc4[n+]7-c4ccccc4)(C5)C6)cc3[n+](-c3ccccc3)c2cc1N. The number of carbonyl (C=O) groups is 4. The van der Waals surface area contributed by atoms with Crippen molar-refractivity contribution >= 4 is 157 Å². The Morgan fingerprint density at radius 2 is 0.431 bits per heavy atom. The highest BCUT2D eigenvalue weighted by atomic mass is 16.2. The number of nitrogen functional groups attached to an aromatic ring is 4. The minimum absolute atomic E-state index is 0.158. The molecule has 0 spiro atoms. The second-order valence-corrected chi connectivity index (χ2v) is 36.9. The number of para-hydroxylation sites is 4. The molecule has 4 bridgehead atoms. The second-order valence-electron chi connectivity index (χ2n) is 36.9. The van der Waals surface area contributed by atoms with E-state index in [9.17, 15) is 0 Å². The number of nitrogens with two attached hydrogens (primary N) is 4. The molecule has 0 unspecified atom stereocenters. The largest absolute Gasteiger partial charge is 0.398 e. The van der Waals surface area contributed by atoms with Crippen molar-refractivity contribution in [1.29, 1.82) is 0 Å². The minimum atomic E-state index is -1.31. The molecule has 4 saturated carbocycles. The zero-order valence-corrected chi connectivity index (χ0v) is 75.0. The first-order valence-corrected chi connectivity index (χ1v) is 45.4. The third-order valence-corrected chi connectivity index (χ3v) is 27.5. The lowest BCUT2D eigenvalue weighted by molar-refractivity contribution is -0.538. The number of nitrogens with zero attached hydrogens (tertiary/aromatic N) is 8. The zero-order chi connectivity index (χ0) is 90.1. The first-order valence-electron chi connectivity index (χ1n) is 45.4. The molecule has 4 amide bonds. The van der Waals surface area contributed by atoms with Crippen molar-refractivity contribution < 1.29 is 37.4 Å². The number of nitrogens with one attached hydrogen (secondary N) is 8. The molecule has 24 nitrogen and oxygen atoms in total. The number of benzene rings is 12. The van der Waals surface area contributed by atoms with E-state index in [1.807, 2.05) is 149 Å². The summed E-state index contributed by atoms with van der Waals surface area (Å²) >= 11 is 0. The summed E-state index contributed by atoms with van der Waals surface area (Å²) in [5.74, 6) is -1.07. The summed E-state index contributed by atoms with van der Waals surface area (Å²) in [5.41, 5.74) is 53.0. The van der Waals surface area contributed by atoms with E-state index >= 15 is 19.2 Å². The predicted molar refractivity (Wildman–Crippen MR) is 521 cm³/mol. The number of aromatic nitrogens is 8. The molecule has 656 valence electrons. The third-order valence-electron chi connectivity index (χ3n) is 27.5. The molecule has 0 radical (unpaired) electrons. The maximum atomic E-state index is 16.2. The van der Waals surface area contributed by atoms with Gasteiger partial charge in [-0.1, -0.05) is 72.8 Å². The van der Waals surface area contributed by atoms with Gasteiger partial charge in [0, 0.05) is 195 Å². The summed E-state index contributed by atoms with van der Waals surface area (Å²) < 4.78 is 8.81. The van der Waals surface area contributed by atoms with Gasteiger partial charge in [-0.3, -0.25) is 19.2 Å². The van der Waals surface area contributed by atoms with Gasteiger partial charge in [-0.15, -0.1) is 18.3 Å². The van der Waals surface area contributed by atoms with Gasteiger partial charge in [-0.25, -0.2) is 19.9 Å². The minimum Gasteiger partial charge on any atom is -0.398 e. The van der Waals surface area contributed by atoms with Crippen molar-refractivity contribution in [3.05, 3.63) is 263 Å². The van der Waals surface area contributed by atoms with Crippen LogP contribution in [0.5, 0.6) is 0 Å². The van der Waals surface area contributed by atoms with Crippen LogP contribution in [0, 0.1) is 77.0 Å². The number of carbonyl (C=O) groups excluding carboxylic acids is 4. The van der Waals surface area contributed by atoms with Crippen LogP contribution in [0.4, 0.5) is 45.5 Å². The third kappa shape index (κ3) is 15.7. The number of rotatable bonds is 28. The Balaban J connectivity index is 0.614. The van der Waals surface area contributed by atoms with E-state index in [1.165, 1.54) is 0 Å². The van der Waals surface area contributed by atoms with Gasteiger partial charge >= 0.3 is 0 Å². The smallest absolute Gasteiger partial charge is 0.239 e. The van der Waals surface area contributed by atoms with Gasteiger partial charge in [0.25, 0.3) is 0 Å². The molecule has 12 aromatic carbocycles. The highest BCUT2D eigenvalue weighted by molar-refractivity contribution is 5.98. The number of hydrogen-bond acceptors (Lipinski definition) is 16. The Morgan fingerprint density at radius 3 is 0.623 bits per heavy atom. The van der Waals surface area contributed by atoms with Crippen molar-refractivity contribution in [2.45, 2.75) is 120 Å². The van der Waals surface area contributed by atoms with Crippen molar-refractivity contribution in [2.24, 2.45) is 21.7 Å². The molecule has 0 saturated heterocycles. The van der Waals surface area contributed by atoms with Crippen molar-refractivity contribution in [3.63, 3.8) is 0 Å². The first kappa shape index (κ1) is 84.8. The maximum absolute atomic E-state index is 16.2. The van der Waals surface area contributed by atoms with E-state index in [2.05, 4.69) is 186 Å². The fraction of sp³-hybridized carbons (Fsp3) is 0.283. The summed E-state index contributed by atoms with van der Waals surface area (Å²) in [6.07, 6.45) is 3.06. The Labute approximate surface area is 755 Å². The van der Waals surface area contributed by atoms with Crippen LogP contribution in [0.3, 0.4) is 0 Å². The van der Waals surface area contributed by atoms with Gasteiger partial charge in [-0.2, -0.15) is 0 Å². The van der Waals surface area contributed by atoms with Crippen LogP contribution < -0.4 is 83.7 Å². The van der Waals surface area contributed by atoms with Crippen LogP contribution in [-0.4, -0.2) is 95.9 Å². The summed E-state index contributed by atoms with van der Waals surface area (Å²) in [7, 11) is 0. The van der Waals surface area contributed by atoms with E-state index < -0.39 is 21.7 Å². The van der Waals surface area contributed by atoms with Gasteiger partial charge in [-0.05, 0) is 213 Å². The fourth-order valence-electron chi connectivity index (χ4n) is 21.3. The summed E-state index contributed by atoms with van der Waals surface area (Å²) in [6.45, 7) is 19.3. The molecule has 16 aromatic rings. The highest BCUT2D eigenvalue weighted by Gasteiger charge is 2.75. The monoisotopic (exact) mass is 1730 g/mol. The molecule has 4 heterocycles. The molecular weight excluding hydrogens is 1620 g/mol. The van der Waals surface area contributed by atoms with Crippen molar-refractivity contribution in [3.8, 4) is 22.7 Å². The highest BCUT2D eigenvalue weighted by Crippen LogP contribution is 2.74. The van der Waals surface area contributed by atoms with Crippen molar-refractivity contribution in [1.82, 2.24) is 41.2 Å². The molecule has 0 aliphatic heterocycles. The van der Waals surface area contributed by atoms with Gasteiger partial charge < -0.3 is 65.5 Å². The summed E-state index contributed by atoms with van der Waals surface area (Å²) in [4.78, 5) is 85.3. The Hall–Kier alpha value is -14.7. The second kappa shape index (κ2) is 34.2. The van der Waals surface area contributed by atoms with Gasteiger partial charge in [0.15, 0.2) is 0 Å². The quantitative estimate of drug-likeness (QED) is 0.00938. The lowest BCUT2D eigenvalue weighted by Crippen LogP contribution is -2.72. The van der Waals surface area contributed by atoms with Gasteiger partial charge in [0.1, 0.15) is 44.1 Å². The number of amides is 4. The molecular formula is C106H112N20O4+4. The summed E-state index contributed by atoms with van der Waals surface area (Å²) in [5, 5.41) is 28.4. The molecule has 16 N–H and O–H groups in total. The number of anilines is 8. The van der Waals surface area contributed by atoms with Crippen LogP contribution in [0.15, 0.2) is 218 Å². The fourth-order valence-corrected chi connectivity index (χ4v) is 21.3. The molecule has 130 heavy (non-hydrogen) atoms. The van der Waals surface area contributed by atoms with E-state index in [-0.39, 0.29) is 88.3 Å². The van der Waals surface area contributed by atoms with Crippen LogP contribution in [-0.2, 0) is 19.2 Å².